The topological polar surface area (TPSA) is 87.1 Å². The highest BCUT2D eigenvalue weighted by Gasteiger charge is 2.18. The van der Waals surface area contributed by atoms with E-state index in [-0.39, 0.29) is 0 Å². The predicted octanol–water partition coefficient (Wildman–Crippen LogP) is 1.47. The van der Waals surface area contributed by atoms with Gasteiger partial charge in [0.1, 0.15) is 0 Å². The molecule has 31 heavy (non-hydrogen) atoms. The molecule has 0 atom stereocenters. The van der Waals surface area contributed by atoms with Gasteiger partial charge in [-0.15, -0.1) is 0 Å². The summed E-state index contributed by atoms with van der Waals surface area (Å²) in [5, 5.41) is 6.76. The highest BCUT2D eigenvalue weighted by atomic mass is 16.7. The molecule has 1 aromatic carbocycles. The zero-order valence-corrected chi connectivity index (χ0v) is 18.1. The van der Waals surface area contributed by atoms with Gasteiger partial charge in [-0.2, -0.15) is 0 Å². The zero-order chi connectivity index (χ0) is 21.3. The lowest BCUT2D eigenvalue weighted by Crippen LogP contribution is -2.47. The summed E-state index contributed by atoms with van der Waals surface area (Å²) in [4.78, 5) is 18.1. The summed E-state index contributed by atoms with van der Waals surface area (Å²) >= 11 is 0. The smallest absolute Gasteiger partial charge is 0.231 e. The van der Waals surface area contributed by atoms with Gasteiger partial charge in [0.25, 0.3) is 0 Å². The highest BCUT2D eigenvalue weighted by Crippen LogP contribution is 2.32. The van der Waals surface area contributed by atoms with Crippen molar-refractivity contribution >= 4 is 11.9 Å². The van der Waals surface area contributed by atoms with E-state index < -0.39 is 0 Å². The second-order valence-corrected chi connectivity index (χ2v) is 7.54. The molecular weight excluding hydrogens is 394 g/mol. The second-order valence-electron chi connectivity index (χ2n) is 7.54. The van der Waals surface area contributed by atoms with E-state index >= 15 is 0 Å². The van der Waals surface area contributed by atoms with Crippen LogP contribution >= 0.6 is 0 Å². The second kappa shape index (κ2) is 10.8. The first-order chi connectivity index (χ1) is 15.3. The van der Waals surface area contributed by atoms with Gasteiger partial charge in [0, 0.05) is 51.7 Å². The van der Waals surface area contributed by atoms with Crippen molar-refractivity contribution in [2.45, 2.75) is 19.9 Å². The molecule has 2 N–H and O–H groups in total. The molecule has 0 aliphatic carbocycles. The Morgan fingerprint density at radius 2 is 1.87 bits per heavy atom. The van der Waals surface area contributed by atoms with Gasteiger partial charge in [-0.05, 0) is 43.7 Å². The molecule has 9 heteroatoms. The Balaban J connectivity index is 1.17. The number of anilines is 1. The molecule has 0 unspecified atom stereocenters. The summed E-state index contributed by atoms with van der Waals surface area (Å²) in [6, 6.07) is 7.82. The molecule has 9 nitrogen and oxygen atoms in total. The fraction of sp³-hybridized carbons (Fsp3) is 0.500. The maximum absolute atomic E-state index is 5.45. The number of hydrogen-bond acceptors (Lipinski definition) is 7. The van der Waals surface area contributed by atoms with Crippen molar-refractivity contribution in [2.24, 2.45) is 4.99 Å². The van der Waals surface area contributed by atoms with E-state index in [0.717, 1.165) is 81.2 Å². The first-order valence-electron chi connectivity index (χ1n) is 11.0. The van der Waals surface area contributed by atoms with Crippen molar-refractivity contribution in [1.29, 1.82) is 0 Å². The minimum atomic E-state index is 0.293. The van der Waals surface area contributed by atoms with Crippen LogP contribution in [-0.4, -0.2) is 73.4 Å². The summed E-state index contributed by atoms with van der Waals surface area (Å²) in [7, 11) is 0. The van der Waals surface area contributed by atoms with Crippen molar-refractivity contribution in [2.75, 3.05) is 57.5 Å². The Hall–Kier alpha value is -3.07. The van der Waals surface area contributed by atoms with E-state index in [4.69, 9.17) is 14.5 Å². The molecule has 2 aromatic rings. The molecule has 0 saturated carbocycles. The number of ether oxygens (including phenoxy) is 2. The van der Waals surface area contributed by atoms with Crippen LogP contribution in [0.25, 0.3) is 0 Å². The molecule has 0 bridgehead atoms. The number of benzene rings is 1. The number of piperazine rings is 1. The van der Waals surface area contributed by atoms with E-state index in [1.165, 1.54) is 0 Å². The quantitative estimate of drug-likeness (QED) is 0.374. The van der Waals surface area contributed by atoms with Crippen LogP contribution in [0.2, 0.25) is 0 Å². The number of aromatic nitrogens is 2. The minimum Gasteiger partial charge on any atom is -0.454 e. The molecule has 2 aliphatic rings. The van der Waals surface area contributed by atoms with E-state index in [2.05, 4.69) is 37.3 Å². The largest absolute Gasteiger partial charge is 0.454 e. The minimum absolute atomic E-state index is 0.293. The number of nitrogens with one attached hydrogen (secondary N) is 2. The zero-order valence-electron chi connectivity index (χ0n) is 18.1. The van der Waals surface area contributed by atoms with Crippen LogP contribution in [0, 0.1) is 0 Å². The summed E-state index contributed by atoms with van der Waals surface area (Å²) < 4.78 is 10.8. The highest BCUT2D eigenvalue weighted by molar-refractivity contribution is 5.79. The molecule has 0 amide bonds. The van der Waals surface area contributed by atoms with Crippen LogP contribution in [0.1, 0.15) is 18.9 Å². The molecule has 1 aromatic heterocycles. The van der Waals surface area contributed by atoms with Crippen molar-refractivity contribution in [1.82, 2.24) is 25.5 Å². The van der Waals surface area contributed by atoms with Gasteiger partial charge in [0.2, 0.25) is 12.7 Å². The van der Waals surface area contributed by atoms with Crippen LogP contribution in [0.15, 0.2) is 41.7 Å². The van der Waals surface area contributed by atoms with Crippen molar-refractivity contribution in [3.63, 3.8) is 0 Å². The maximum Gasteiger partial charge on any atom is 0.231 e. The van der Waals surface area contributed by atoms with E-state index in [1.54, 1.807) is 12.4 Å². The average molecular weight is 426 g/mol. The van der Waals surface area contributed by atoms with E-state index in [1.807, 2.05) is 24.3 Å². The third kappa shape index (κ3) is 5.97. The molecule has 4 rings (SSSR count). The monoisotopic (exact) mass is 425 g/mol. The van der Waals surface area contributed by atoms with Gasteiger partial charge in [-0.25, -0.2) is 15.0 Å². The Labute approximate surface area is 183 Å². The van der Waals surface area contributed by atoms with Gasteiger partial charge in [-0.3, -0.25) is 4.90 Å². The molecule has 1 saturated heterocycles. The summed E-state index contributed by atoms with van der Waals surface area (Å²) in [5.41, 5.74) is 1.10. The molecule has 3 heterocycles. The average Bonchev–Trinajstić information content (AvgIpc) is 3.29. The number of rotatable bonds is 8. The molecular formula is C22H31N7O2. The summed E-state index contributed by atoms with van der Waals surface area (Å²) in [6.45, 7) is 9.76. The SMILES string of the molecule is CCNC(=NCc1ccc2c(c1)OCO2)NCCCN1CCN(c2ncccn2)CC1. The van der Waals surface area contributed by atoms with Crippen LogP contribution in [0.3, 0.4) is 0 Å². The lowest BCUT2D eigenvalue weighted by Gasteiger charge is -2.34. The number of fused-ring (bicyclic) bond motifs is 1. The molecule has 1 fully saturated rings. The third-order valence-corrected chi connectivity index (χ3v) is 5.35. The van der Waals surface area contributed by atoms with E-state index in [0.29, 0.717) is 13.3 Å². The fourth-order valence-electron chi connectivity index (χ4n) is 3.69. The Bertz CT molecular complexity index is 854. The lowest BCUT2D eigenvalue weighted by molar-refractivity contribution is 0.174. The Kier molecular flexibility index (Phi) is 7.38. The molecule has 166 valence electrons. The summed E-state index contributed by atoms with van der Waals surface area (Å²) in [5.74, 6) is 3.27. The van der Waals surface area contributed by atoms with Gasteiger partial charge in [0.05, 0.1) is 6.54 Å². The molecule has 0 spiro atoms. The number of nitrogens with zero attached hydrogens (tertiary/aromatic N) is 5. The Morgan fingerprint density at radius 1 is 1.06 bits per heavy atom. The van der Waals surface area contributed by atoms with E-state index in [9.17, 15) is 0 Å². The fourth-order valence-corrected chi connectivity index (χ4v) is 3.69. The van der Waals surface area contributed by atoms with Crippen molar-refractivity contribution in [3.05, 3.63) is 42.2 Å². The van der Waals surface area contributed by atoms with Gasteiger partial charge >= 0.3 is 0 Å². The number of aliphatic imine (C=N–C) groups is 1. The van der Waals surface area contributed by atoms with Crippen LogP contribution < -0.4 is 25.0 Å². The third-order valence-electron chi connectivity index (χ3n) is 5.35. The first kappa shape index (κ1) is 21.2. The normalized spacial score (nSPS) is 16.4. The molecule has 0 radical (unpaired) electrons. The van der Waals surface area contributed by atoms with Gasteiger partial charge < -0.3 is 25.0 Å². The van der Waals surface area contributed by atoms with Crippen LogP contribution in [-0.2, 0) is 6.54 Å². The number of hydrogen-bond donors (Lipinski definition) is 2. The number of guanidine groups is 1. The molecule has 2 aliphatic heterocycles. The van der Waals surface area contributed by atoms with Crippen molar-refractivity contribution < 1.29 is 9.47 Å². The lowest BCUT2D eigenvalue weighted by atomic mass is 10.2. The van der Waals surface area contributed by atoms with Gasteiger partial charge in [-0.1, -0.05) is 6.07 Å². The standard InChI is InChI=1S/C22H31N7O2/c1-2-23-21(27-16-18-5-6-19-20(15-18)31-17-30-19)24-9-4-10-28-11-13-29(14-12-28)22-25-7-3-8-26-22/h3,5-8,15H,2,4,9-14,16-17H2,1H3,(H2,23,24,27). The first-order valence-corrected chi connectivity index (χ1v) is 11.0. The summed E-state index contributed by atoms with van der Waals surface area (Å²) in [6.07, 6.45) is 4.67. The van der Waals surface area contributed by atoms with Gasteiger partial charge in [0.15, 0.2) is 17.5 Å². The predicted molar refractivity (Wildman–Crippen MR) is 121 cm³/mol. The van der Waals surface area contributed by atoms with Crippen molar-refractivity contribution in [3.8, 4) is 11.5 Å². The Morgan fingerprint density at radius 3 is 2.68 bits per heavy atom. The van der Waals surface area contributed by atoms with Crippen LogP contribution in [0.5, 0.6) is 11.5 Å². The maximum atomic E-state index is 5.45. The van der Waals surface area contributed by atoms with Crippen LogP contribution in [0.4, 0.5) is 5.95 Å².